The third-order valence-electron chi connectivity index (χ3n) is 25.1. The molecule has 11 nitrogen and oxygen atoms in total. The SMILES string of the molecule is CCCCCCCC/C=C/CCCCCCCC(=O)NC(CS)C(=O)NCCCCCCCCCCCCCCCC.CCCCCCCC/C=C/CCCCCCCC(=O)NC(CSSCC(NC(=O)CCCCCCC/C=C/CCCCCCCC)C(=O)NCCCCCC/C=C/CCCCCCCC)C(=O)CCCCCCCCCCCCCCCCC. The quantitative estimate of drug-likeness (QED) is 0.0152. The Morgan fingerprint density at radius 1 is 0.214 bits per heavy atom. The number of thiol groups is 1. The van der Waals surface area contributed by atoms with E-state index in [4.69, 9.17) is 0 Å². The second-order valence-corrected chi connectivity index (χ2v) is 40.6. The summed E-state index contributed by atoms with van der Waals surface area (Å²) in [6.45, 7) is 14.9. The van der Waals surface area contributed by atoms with Crippen LogP contribution in [0.15, 0.2) is 48.6 Å². The summed E-state index contributed by atoms with van der Waals surface area (Å²) in [7, 11) is 3.07. The third-order valence-corrected chi connectivity index (χ3v) is 27.9. The fraction of sp³-hybridized carbons (Fsp3) is 0.875. The first-order valence-corrected chi connectivity index (χ1v) is 58.6. The van der Waals surface area contributed by atoms with Crippen molar-refractivity contribution in [1.82, 2.24) is 26.6 Å². The van der Waals surface area contributed by atoms with Gasteiger partial charge in [0.25, 0.3) is 0 Å². The molecule has 0 spiro atoms. The van der Waals surface area contributed by atoms with Crippen molar-refractivity contribution >= 4 is 69.5 Å². The molecule has 3 atom stereocenters. The molecule has 0 aromatic heterocycles. The Labute approximate surface area is 797 Å². The third kappa shape index (κ3) is 100. The summed E-state index contributed by atoms with van der Waals surface area (Å²) in [5.41, 5.74) is 0. The van der Waals surface area contributed by atoms with E-state index in [1.54, 1.807) is 10.8 Å². The molecule has 0 bridgehead atoms. The van der Waals surface area contributed by atoms with E-state index in [-0.39, 0.29) is 35.3 Å². The maximum absolute atomic E-state index is 13.8. The van der Waals surface area contributed by atoms with Gasteiger partial charge in [-0.15, -0.1) is 0 Å². The standard InChI is InChI=1S/C75H141N3O4S2.C37H72N2O2S/c1-5-9-13-17-21-25-29-33-37-40-44-48-52-56-60-64-72(79)70(77-73(80)65-61-57-53-49-45-41-38-34-30-26-22-18-14-10-6-2)68-83-84-69-71(75(82)76-67-63-59-55-51-47-43-36-32-28-24-20-16-12-8-4)78-74(81)66-62-58-54-50-46-42-39-35-31-27-23-19-15-11-7-3;1-3-5-7-9-11-13-15-17-19-20-22-24-26-28-30-32-36(40)39-35(34-42)37(41)38-33-31-29-27-25-23-21-18-16-14-12-10-8-6-4-2/h34-36,38-39,43,70-71H,5-33,37,40-42,44-69H2,1-4H3,(H,76,82)(H,77,80)(H,78,81);17,19,35,42H,3-16,18,20-34H2,1-2H3,(H,38,41)(H,39,40)/b38-34+,39-35+,43-36+;19-17+. The van der Waals surface area contributed by atoms with E-state index in [0.29, 0.717) is 56.0 Å². The van der Waals surface area contributed by atoms with Crippen LogP contribution in [-0.2, 0) is 28.8 Å². The number of allylic oxidation sites excluding steroid dienone is 8. The van der Waals surface area contributed by atoms with Gasteiger partial charge in [-0.25, -0.2) is 0 Å². The molecule has 0 aliphatic carbocycles. The van der Waals surface area contributed by atoms with Crippen molar-refractivity contribution in [2.24, 2.45) is 0 Å². The summed E-state index contributed by atoms with van der Waals surface area (Å²) in [5.74, 6) is 0.943. The molecular formula is C112H213N5O6S3. The molecule has 0 rings (SSSR count). The number of amides is 5. The van der Waals surface area contributed by atoms with Crippen LogP contribution >= 0.6 is 34.2 Å². The van der Waals surface area contributed by atoms with E-state index in [0.717, 1.165) is 122 Å². The topological polar surface area (TPSA) is 163 Å². The normalized spacial score (nSPS) is 12.4. The Bertz CT molecular complexity index is 2410. The predicted octanol–water partition coefficient (Wildman–Crippen LogP) is 34.7. The van der Waals surface area contributed by atoms with Crippen molar-refractivity contribution in [1.29, 1.82) is 0 Å². The molecule has 126 heavy (non-hydrogen) atoms. The molecule has 0 aliphatic heterocycles. The predicted molar refractivity (Wildman–Crippen MR) is 564 cm³/mol. The van der Waals surface area contributed by atoms with Crippen molar-refractivity contribution in [3.63, 3.8) is 0 Å². The number of rotatable bonds is 102. The van der Waals surface area contributed by atoms with E-state index in [1.165, 1.54) is 402 Å². The molecule has 0 saturated heterocycles. The molecule has 5 amide bonds. The first-order valence-electron chi connectivity index (χ1n) is 55.5. The van der Waals surface area contributed by atoms with Gasteiger partial charge in [-0.3, -0.25) is 28.8 Å². The van der Waals surface area contributed by atoms with Crippen LogP contribution in [0, 0.1) is 0 Å². The molecule has 5 N–H and O–H groups in total. The van der Waals surface area contributed by atoms with Gasteiger partial charge in [0.2, 0.25) is 29.5 Å². The van der Waals surface area contributed by atoms with E-state index >= 15 is 0 Å². The lowest BCUT2D eigenvalue weighted by Crippen LogP contribution is -2.48. The minimum absolute atomic E-state index is 0.0293. The molecule has 0 aromatic rings. The summed E-state index contributed by atoms with van der Waals surface area (Å²) in [5, 5.41) is 15.3. The molecule has 14 heteroatoms. The average molecular weight is 1820 g/mol. The van der Waals surface area contributed by atoms with Crippen LogP contribution in [0.25, 0.3) is 0 Å². The van der Waals surface area contributed by atoms with Crippen molar-refractivity contribution < 1.29 is 28.8 Å². The van der Waals surface area contributed by atoms with Gasteiger partial charge in [0.15, 0.2) is 5.78 Å². The zero-order valence-corrected chi connectivity index (χ0v) is 87.0. The maximum atomic E-state index is 13.8. The summed E-state index contributed by atoms with van der Waals surface area (Å²) in [4.78, 5) is 79.1. The summed E-state index contributed by atoms with van der Waals surface area (Å²) < 4.78 is 0. The van der Waals surface area contributed by atoms with Crippen LogP contribution in [-0.4, -0.2) is 83.8 Å². The smallest absolute Gasteiger partial charge is 0.243 e. The van der Waals surface area contributed by atoms with Gasteiger partial charge in [-0.2, -0.15) is 12.6 Å². The number of unbranched alkanes of at least 4 members (excludes halogenated alkanes) is 70. The number of carbonyl (C=O) groups excluding carboxylic acids is 6. The number of nitrogens with one attached hydrogen (secondary N) is 5. The minimum Gasteiger partial charge on any atom is -0.354 e. The zero-order chi connectivity index (χ0) is 91.7. The first-order chi connectivity index (χ1) is 62.0. The average Bonchev–Trinajstić information content (AvgIpc) is 0.938. The Kier molecular flexibility index (Phi) is 108. The first kappa shape index (κ1) is 125. The van der Waals surface area contributed by atoms with Gasteiger partial charge >= 0.3 is 0 Å². The fourth-order valence-electron chi connectivity index (χ4n) is 16.5. The number of ketones is 1. The largest absolute Gasteiger partial charge is 0.354 e. The Balaban J connectivity index is 0. The highest BCUT2D eigenvalue weighted by molar-refractivity contribution is 8.76. The minimum atomic E-state index is -0.653. The van der Waals surface area contributed by atoms with Gasteiger partial charge in [-0.1, -0.05) is 484 Å². The van der Waals surface area contributed by atoms with Crippen LogP contribution in [0.2, 0.25) is 0 Å². The Morgan fingerprint density at radius 3 is 0.619 bits per heavy atom. The molecule has 740 valence electrons. The zero-order valence-electron chi connectivity index (χ0n) is 84.5. The molecule has 0 heterocycles. The Hall–Kier alpha value is -2.97. The number of hydrogen-bond donors (Lipinski definition) is 6. The maximum Gasteiger partial charge on any atom is 0.243 e. The lowest BCUT2D eigenvalue weighted by Gasteiger charge is -2.20. The fourth-order valence-corrected chi connectivity index (χ4v) is 19.2. The van der Waals surface area contributed by atoms with Gasteiger partial charge in [0.1, 0.15) is 12.1 Å². The summed E-state index contributed by atoms with van der Waals surface area (Å²) in [6.07, 6.45) is 121. The van der Waals surface area contributed by atoms with E-state index < -0.39 is 18.1 Å². The lowest BCUT2D eigenvalue weighted by molar-refractivity contribution is -0.128. The van der Waals surface area contributed by atoms with Crippen LogP contribution in [0.4, 0.5) is 0 Å². The monoisotopic (exact) mass is 1820 g/mol. The van der Waals surface area contributed by atoms with Crippen LogP contribution < -0.4 is 26.6 Å². The molecule has 3 unspecified atom stereocenters. The van der Waals surface area contributed by atoms with Crippen LogP contribution in [0.5, 0.6) is 0 Å². The molecule has 0 aromatic carbocycles. The highest BCUT2D eigenvalue weighted by atomic mass is 33.1. The van der Waals surface area contributed by atoms with Crippen LogP contribution in [0.1, 0.15) is 581 Å². The van der Waals surface area contributed by atoms with E-state index in [9.17, 15) is 28.8 Å². The highest BCUT2D eigenvalue weighted by Crippen LogP contribution is 2.26. The summed E-state index contributed by atoms with van der Waals surface area (Å²) >= 11 is 4.30. The second-order valence-electron chi connectivity index (χ2n) is 37.7. The molecule has 0 radical (unpaired) electrons. The van der Waals surface area contributed by atoms with Crippen molar-refractivity contribution in [2.45, 2.75) is 599 Å². The second kappa shape index (κ2) is 109. The Morgan fingerprint density at radius 2 is 0.389 bits per heavy atom. The van der Waals surface area contributed by atoms with E-state index in [2.05, 4.69) is 129 Å². The van der Waals surface area contributed by atoms with Crippen LogP contribution in [0.3, 0.4) is 0 Å². The van der Waals surface area contributed by atoms with Crippen molar-refractivity contribution in [3.8, 4) is 0 Å². The van der Waals surface area contributed by atoms with Gasteiger partial charge in [0, 0.05) is 56.0 Å². The highest BCUT2D eigenvalue weighted by Gasteiger charge is 2.25. The molecular weight excluding hydrogens is 1610 g/mol. The molecule has 0 fully saturated rings. The number of Topliss-reactive ketones (excluding diaryl/α,β-unsaturated/α-hetero) is 1. The van der Waals surface area contributed by atoms with Gasteiger partial charge in [-0.05, 0) is 141 Å². The molecule has 0 aliphatic rings. The summed E-state index contributed by atoms with van der Waals surface area (Å²) in [6, 6.07) is -1.74. The number of carbonyl (C=O) groups is 6. The lowest BCUT2D eigenvalue weighted by atomic mass is 10.0. The molecule has 0 saturated carbocycles. The van der Waals surface area contributed by atoms with Gasteiger partial charge < -0.3 is 26.6 Å². The van der Waals surface area contributed by atoms with Crippen molar-refractivity contribution in [2.75, 3.05) is 30.3 Å². The van der Waals surface area contributed by atoms with Gasteiger partial charge in [0.05, 0.1) is 6.04 Å². The van der Waals surface area contributed by atoms with E-state index in [1.807, 2.05) is 0 Å². The number of hydrogen-bond acceptors (Lipinski definition) is 9. The van der Waals surface area contributed by atoms with Crippen molar-refractivity contribution in [3.05, 3.63) is 48.6 Å².